The lowest BCUT2D eigenvalue weighted by atomic mass is 9.74. The van der Waals surface area contributed by atoms with Crippen LogP contribution < -0.4 is 0 Å². The van der Waals surface area contributed by atoms with Gasteiger partial charge in [-0.05, 0) is 24.7 Å². The van der Waals surface area contributed by atoms with Crippen molar-refractivity contribution in [3.63, 3.8) is 0 Å². The van der Waals surface area contributed by atoms with E-state index in [1.165, 1.54) is 12.8 Å². The predicted octanol–water partition coefficient (Wildman–Crippen LogP) is 3.42. The Kier molecular flexibility index (Phi) is 4.70. The molecule has 2 rings (SSSR count). The minimum Gasteiger partial charge on any atom is -0.396 e. The van der Waals surface area contributed by atoms with Crippen LogP contribution in [0.3, 0.4) is 0 Å². The maximum absolute atomic E-state index is 8.97. The van der Waals surface area contributed by atoms with Crippen molar-refractivity contribution in [2.45, 2.75) is 71.2 Å². The van der Waals surface area contributed by atoms with Crippen molar-refractivity contribution in [3.8, 4) is 0 Å². The van der Waals surface area contributed by atoms with E-state index < -0.39 is 5.79 Å². The maximum Gasteiger partial charge on any atom is 0.172 e. The van der Waals surface area contributed by atoms with Crippen molar-refractivity contribution in [1.82, 2.24) is 0 Å². The highest BCUT2D eigenvalue weighted by Gasteiger charge is 2.43. The van der Waals surface area contributed by atoms with Crippen LogP contribution in [0.2, 0.25) is 0 Å². The van der Waals surface area contributed by atoms with E-state index in [9.17, 15) is 0 Å². The van der Waals surface area contributed by atoms with E-state index in [0.717, 1.165) is 19.3 Å². The van der Waals surface area contributed by atoms with Crippen molar-refractivity contribution < 1.29 is 14.6 Å². The third-order valence-electron chi connectivity index (χ3n) is 4.54. The van der Waals surface area contributed by atoms with Crippen molar-refractivity contribution in [2.24, 2.45) is 5.41 Å². The molecule has 1 aliphatic carbocycles. The van der Waals surface area contributed by atoms with E-state index in [1.54, 1.807) is 5.57 Å². The smallest absolute Gasteiger partial charge is 0.172 e. The van der Waals surface area contributed by atoms with Crippen LogP contribution >= 0.6 is 0 Å². The Morgan fingerprint density at radius 1 is 1.47 bits per heavy atom. The van der Waals surface area contributed by atoms with Gasteiger partial charge in [0.1, 0.15) is 0 Å². The molecule has 0 aromatic carbocycles. The fourth-order valence-corrected chi connectivity index (χ4v) is 3.35. The summed E-state index contributed by atoms with van der Waals surface area (Å²) >= 11 is 0. The van der Waals surface area contributed by atoms with Crippen LogP contribution in [0.25, 0.3) is 0 Å². The molecule has 0 saturated carbocycles. The lowest BCUT2D eigenvalue weighted by Crippen LogP contribution is -2.34. The molecule has 2 aliphatic rings. The van der Waals surface area contributed by atoms with E-state index in [1.807, 2.05) is 0 Å². The summed E-state index contributed by atoms with van der Waals surface area (Å²) in [6.45, 7) is 7.72. The first kappa shape index (κ1) is 15.0. The maximum atomic E-state index is 8.97. The minimum absolute atomic E-state index is 0.0728. The van der Waals surface area contributed by atoms with Gasteiger partial charge in [0.2, 0.25) is 0 Å². The van der Waals surface area contributed by atoms with E-state index in [4.69, 9.17) is 14.6 Å². The van der Waals surface area contributed by atoms with Crippen LogP contribution in [0.4, 0.5) is 0 Å². The summed E-state index contributed by atoms with van der Waals surface area (Å²) in [6, 6.07) is 0. The Hall–Kier alpha value is -0.380. The van der Waals surface area contributed by atoms with Gasteiger partial charge in [-0.15, -0.1) is 0 Å². The molecule has 0 amide bonds. The normalized spacial score (nSPS) is 31.8. The van der Waals surface area contributed by atoms with Crippen LogP contribution in [-0.2, 0) is 9.47 Å². The highest BCUT2D eigenvalue weighted by Crippen LogP contribution is 2.44. The van der Waals surface area contributed by atoms with Gasteiger partial charge in [-0.3, -0.25) is 0 Å². The number of rotatable bonds is 5. The van der Waals surface area contributed by atoms with Crippen LogP contribution in [0.5, 0.6) is 0 Å². The quantitative estimate of drug-likeness (QED) is 0.777. The van der Waals surface area contributed by atoms with Crippen molar-refractivity contribution in [1.29, 1.82) is 0 Å². The molecule has 1 spiro atoms. The molecule has 1 fully saturated rings. The number of aliphatic hydroxyl groups excluding tert-OH is 1. The molecular weight excluding hydrogens is 240 g/mol. The summed E-state index contributed by atoms with van der Waals surface area (Å²) in [5.74, 6) is -0.397. The monoisotopic (exact) mass is 268 g/mol. The van der Waals surface area contributed by atoms with Crippen LogP contribution in [0.1, 0.15) is 59.3 Å². The predicted molar refractivity (Wildman–Crippen MR) is 75.9 cm³/mol. The molecule has 0 radical (unpaired) electrons. The summed E-state index contributed by atoms with van der Waals surface area (Å²) in [5.41, 5.74) is 1.86. The van der Waals surface area contributed by atoms with Gasteiger partial charge in [0, 0.05) is 19.4 Å². The number of hydrogen-bond donors (Lipinski definition) is 1. The zero-order chi connectivity index (χ0) is 13.9. The highest BCUT2D eigenvalue weighted by atomic mass is 16.7. The lowest BCUT2D eigenvalue weighted by Gasteiger charge is -2.36. The standard InChI is InChI=1S/C16H28O3/c1-4-8-15(2,3)13-5-9-16(10-6-13)18-12-14(19-16)7-11-17/h5,14,17H,4,6-12H2,1-3H3. The van der Waals surface area contributed by atoms with Gasteiger partial charge in [-0.1, -0.05) is 38.8 Å². The minimum atomic E-state index is -0.397. The molecule has 2 atom stereocenters. The largest absolute Gasteiger partial charge is 0.396 e. The molecule has 1 saturated heterocycles. The van der Waals surface area contributed by atoms with Gasteiger partial charge in [0.25, 0.3) is 0 Å². The Bertz CT molecular complexity index is 335. The lowest BCUT2D eigenvalue weighted by molar-refractivity contribution is -0.174. The third kappa shape index (κ3) is 3.39. The van der Waals surface area contributed by atoms with Gasteiger partial charge in [0.05, 0.1) is 12.7 Å². The van der Waals surface area contributed by atoms with Crippen LogP contribution in [-0.4, -0.2) is 30.2 Å². The van der Waals surface area contributed by atoms with E-state index in [0.29, 0.717) is 18.4 Å². The highest BCUT2D eigenvalue weighted by molar-refractivity contribution is 5.17. The molecule has 19 heavy (non-hydrogen) atoms. The molecule has 0 aromatic heterocycles. The van der Waals surface area contributed by atoms with Crippen LogP contribution in [0, 0.1) is 5.41 Å². The molecule has 110 valence electrons. The van der Waals surface area contributed by atoms with E-state index >= 15 is 0 Å². The molecule has 0 bridgehead atoms. The third-order valence-corrected chi connectivity index (χ3v) is 4.54. The first-order valence-corrected chi connectivity index (χ1v) is 7.63. The van der Waals surface area contributed by atoms with Gasteiger partial charge < -0.3 is 14.6 Å². The number of hydrogen-bond acceptors (Lipinski definition) is 3. The Labute approximate surface area is 117 Å². The zero-order valence-corrected chi connectivity index (χ0v) is 12.6. The fraction of sp³-hybridized carbons (Fsp3) is 0.875. The molecule has 1 N–H and O–H groups in total. The van der Waals surface area contributed by atoms with Crippen LogP contribution in [0.15, 0.2) is 11.6 Å². The molecule has 0 aromatic rings. The number of aliphatic hydroxyl groups is 1. The molecule has 1 aliphatic heterocycles. The summed E-state index contributed by atoms with van der Waals surface area (Å²) in [5, 5.41) is 8.97. The summed E-state index contributed by atoms with van der Waals surface area (Å²) < 4.78 is 11.9. The molecule has 2 unspecified atom stereocenters. The molecular formula is C16H28O3. The topological polar surface area (TPSA) is 38.7 Å². The van der Waals surface area contributed by atoms with Gasteiger partial charge in [0.15, 0.2) is 5.79 Å². The second-order valence-electron chi connectivity index (χ2n) is 6.54. The van der Waals surface area contributed by atoms with Crippen molar-refractivity contribution >= 4 is 0 Å². The number of allylic oxidation sites excluding steroid dienone is 1. The van der Waals surface area contributed by atoms with E-state index in [-0.39, 0.29) is 12.7 Å². The first-order chi connectivity index (χ1) is 9.01. The van der Waals surface area contributed by atoms with Gasteiger partial charge in [-0.25, -0.2) is 0 Å². The molecule has 3 heteroatoms. The Morgan fingerprint density at radius 2 is 2.26 bits per heavy atom. The summed E-state index contributed by atoms with van der Waals surface area (Å²) in [4.78, 5) is 0. The second-order valence-corrected chi connectivity index (χ2v) is 6.54. The Morgan fingerprint density at radius 3 is 2.84 bits per heavy atom. The zero-order valence-electron chi connectivity index (χ0n) is 12.6. The molecule has 3 nitrogen and oxygen atoms in total. The second kappa shape index (κ2) is 5.94. The SMILES string of the molecule is CCCC(C)(C)C1=CCC2(CC1)OCC(CCO)O2. The summed E-state index contributed by atoms with van der Waals surface area (Å²) in [6.07, 6.45) is 8.43. The fourth-order valence-electron chi connectivity index (χ4n) is 3.35. The molecule has 1 heterocycles. The average molecular weight is 268 g/mol. The first-order valence-electron chi connectivity index (χ1n) is 7.63. The summed E-state index contributed by atoms with van der Waals surface area (Å²) in [7, 11) is 0. The van der Waals surface area contributed by atoms with Gasteiger partial charge >= 0.3 is 0 Å². The average Bonchev–Trinajstić information content (AvgIpc) is 2.73. The van der Waals surface area contributed by atoms with Crippen molar-refractivity contribution in [2.75, 3.05) is 13.2 Å². The number of ether oxygens (including phenoxy) is 2. The van der Waals surface area contributed by atoms with Crippen molar-refractivity contribution in [3.05, 3.63) is 11.6 Å². The van der Waals surface area contributed by atoms with E-state index in [2.05, 4.69) is 26.8 Å². The van der Waals surface area contributed by atoms with Gasteiger partial charge in [-0.2, -0.15) is 0 Å². The Balaban J connectivity index is 1.96.